The van der Waals surface area contributed by atoms with Crippen LogP contribution in [0.15, 0.2) is 48.5 Å². The van der Waals surface area contributed by atoms with E-state index < -0.39 is 48.1 Å². The highest BCUT2D eigenvalue weighted by molar-refractivity contribution is 5.95. The SMILES string of the molecule is CN[C@@H](C)C(=O)N[C@@H](CC#CC#CC[C@H](NC(=O)[C@H](C)NC)C(=O)N1CCC[C@H]1C(=O)N[C@@H]1CCCc2ccccc21)C(=O)N1CCC[C@H]1C(=O)N[C@@H]1CCCc2ccccc21. The van der Waals surface area contributed by atoms with Crippen LogP contribution in [0, 0.1) is 23.7 Å². The van der Waals surface area contributed by atoms with Gasteiger partial charge in [0.2, 0.25) is 35.4 Å². The van der Waals surface area contributed by atoms with E-state index >= 15 is 0 Å². The largest absolute Gasteiger partial charge is 0.347 e. The molecule has 330 valence electrons. The molecule has 6 N–H and O–H groups in total. The van der Waals surface area contributed by atoms with Crippen molar-refractivity contribution < 1.29 is 28.8 Å². The third-order valence-corrected chi connectivity index (χ3v) is 12.8. The number of hydrogen-bond acceptors (Lipinski definition) is 8. The second-order valence-corrected chi connectivity index (χ2v) is 16.8. The summed E-state index contributed by atoms with van der Waals surface area (Å²) in [6.45, 7) is 4.12. The zero-order valence-corrected chi connectivity index (χ0v) is 36.5. The lowest BCUT2D eigenvalue weighted by molar-refractivity contribution is -0.141. The minimum Gasteiger partial charge on any atom is -0.347 e. The number of fused-ring (bicyclic) bond motifs is 2. The number of nitrogens with zero attached hydrogens (tertiary/aromatic N) is 2. The van der Waals surface area contributed by atoms with E-state index in [1.54, 1.807) is 37.7 Å². The maximum atomic E-state index is 14.1. The van der Waals surface area contributed by atoms with Crippen molar-refractivity contribution in [2.75, 3.05) is 27.2 Å². The van der Waals surface area contributed by atoms with Gasteiger partial charge in [-0.3, -0.25) is 28.8 Å². The molecule has 62 heavy (non-hydrogen) atoms. The molecule has 6 rings (SSSR count). The van der Waals surface area contributed by atoms with Crippen LogP contribution in [-0.4, -0.2) is 109 Å². The maximum absolute atomic E-state index is 14.1. The summed E-state index contributed by atoms with van der Waals surface area (Å²) in [6.07, 6.45) is 7.70. The predicted molar refractivity (Wildman–Crippen MR) is 236 cm³/mol. The highest BCUT2D eigenvalue weighted by Gasteiger charge is 2.40. The molecule has 2 aromatic carbocycles. The Morgan fingerprint density at radius 1 is 0.597 bits per heavy atom. The topological polar surface area (TPSA) is 181 Å². The first-order chi connectivity index (χ1) is 30.0. The Morgan fingerprint density at radius 2 is 1.00 bits per heavy atom. The second kappa shape index (κ2) is 21.9. The number of likely N-dealkylation sites (tertiary alicyclic amines) is 2. The Morgan fingerprint density at radius 3 is 1.40 bits per heavy atom. The van der Waals surface area contributed by atoms with Gasteiger partial charge in [-0.2, -0.15) is 0 Å². The van der Waals surface area contributed by atoms with Gasteiger partial charge in [-0.1, -0.05) is 60.4 Å². The molecular formula is C48H62N8O6. The first-order valence-electron chi connectivity index (χ1n) is 22.3. The molecule has 0 spiro atoms. The molecule has 0 radical (unpaired) electrons. The summed E-state index contributed by atoms with van der Waals surface area (Å²) >= 11 is 0. The van der Waals surface area contributed by atoms with E-state index in [-0.39, 0.29) is 48.6 Å². The highest BCUT2D eigenvalue weighted by Crippen LogP contribution is 2.32. The molecule has 0 aromatic heterocycles. The lowest BCUT2D eigenvalue weighted by Crippen LogP contribution is -2.55. The number of amides is 6. The monoisotopic (exact) mass is 846 g/mol. The van der Waals surface area contributed by atoms with Crippen LogP contribution < -0.4 is 31.9 Å². The van der Waals surface area contributed by atoms with Gasteiger partial charge in [-0.15, -0.1) is 0 Å². The summed E-state index contributed by atoms with van der Waals surface area (Å²) in [5.41, 5.74) is 4.67. The Labute approximate surface area is 365 Å². The molecule has 2 aromatic rings. The molecule has 0 saturated carbocycles. The van der Waals surface area contributed by atoms with Gasteiger partial charge >= 0.3 is 0 Å². The van der Waals surface area contributed by atoms with E-state index in [0.717, 1.165) is 49.7 Å². The second-order valence-electron chi connectivity index (χ2n) is 16.8. The first-order valence-corrected chi connectivity index (χ1v) is 22.3. The van der Waals surface area contributed by atoms with E-state index in [2.05, 4.69) is 67.7 Å². The quantitative estimate of drug-likeness (QED) is 0.157. The van der Waals surface area contributed by atoms with Crippen LogP contribution in [0.5, 0.6) is 0 Å². The molecule has 2 aliphatic heterocycles. The fraction of sp³-hybridized carbons (Fsp3) is 0.542. The molecule has 2 aliphatic carbocycles. The third-order valence-electron chi connectivity index (χ3n) is 12.8. The van der Waals surface area contributed by atoms with Gasteiger partial charge in [-0.05, 0) is 126 Å². The normalized spacial score (nSPS) is 22.1. The zero-order chi connectivity index (χ0) is 44.2. The number of benzene rings is 2. The molecule has 2 heterocycles. The van der Waals surface area contributed by atoms with Crippen LogP contribution in [0.2, 0.25) is 0 Å². The average Bonchev–Trinajstić information content (AvgIpc) is 4.00. The van der Waals surface area contributed by atoms with Gasteiger partial charge in [0.1, 0.15) is 24.2 Å². The van der Waals surface area contributed by atoms with Gasteiger partial charge in [0.05, 0.1) is 24.2 Å². The number of hydrogen-bond donors (Lipinski definition) is 6. The van der Waals surface area contributed by atoms with Gasteiger partial charge < -0.3 is 41.7 Å². The van der Waals surface area contributed by atoms with E-state index in [4.69, 9.17) is 0 Å². The van der Waals surface area contributed by atoms with Crippen molar-refractivity contribution in [2.24, 2.45) is 0 Å². The molecule has 14 heteroatoms. The van der Waals surface area contributed by atoms with Crippen LogP contribution in [0.1, 0.15) is 112 Å². The maximum Gasteiger partial charge on any atom is 0.246 e. The Kier molecular flexibility index (Phi) is 16.2. The van der Waals surface area contributed by atoms with E-state index in [1.165, 1.54) is 11.1 Å². The lowest BCUT2D eigenvalue weighted by Gasteiger charge is -2.31. The van der Waals surface area contributed by atoms with Crippen molar-refractivity contribution in [3.05, 3.63) is 70.8 Å². The minimum atomic E-state index is -1.03. The van der Waals surface area contributed by atoms with Crippen LogP contribution in [0.3, 0.4) is 0 Å². The van der Waals surface area contributed by atoms with Crippen LogP contribution in [-0.2, 0) is 41.6 Å². The number of likely N-dealkylation sites (N-methyl/N-ethyl adjacent to an activating group) is 2. The fourth-order valence-corrected chi connectivity index (χ4v) is 9.00. The molecule has 0 bridgehead atoms. The van der Waals surface area contributed by atoms with Crippen LogP contribution >= 0.6 is 0 Å². The van der Waals surface area contributed by atoms with Crippen molar-refractivity contribution in [1.82, 2.24) is 41.7 Å². The molecule has 2 fully saturated rings. The van der Waals surface area contributed by atoms with Crippen molar-refractivity contribution >= 4 is 35.4 Å². The molecule has 2 saturated heterocycles. The smallest absolute Gasteiger partial charge is 0.246 e. The number of rotatable bonds is 14. The molecule has 8 atom stereocenters. The van der Waals surface area contributed by atoms with E-state index in [9.17, 15) is 28.8 Å². The van der Waals surface area contributed by atoms with Gasteiger partial charge in [0.25, 0.3) is 0 Å². The van der Waals surface area contributed by atoms with Crippen molar-refractivity contribution in [3.63, 3.8) is 0 Å². The fourth-order valence-electron chi connectivity index (χ4n) is 9.00. The number of carbonyl (C=O) groups excluding carboxylic acids is 6. The van der Waals surface area contributed by atoms with Gasteiger partial charge in [0, 0.05) is 25.9 Å². The third kappa shape index (κ3) is 11.2. The summed E-state index contributed by atoms with van der Waals surface area (Å²) < 4.78 is 0. The lowest BCUT2D eigenvalue weighted by atomic mass is 9.87. The summed E-state index contributed by atoms with van der Waals surface area (Å²) in [5, 5.41) is 17.8. The van der Waals surface area contributed by atoms with Crippen LogP contribution in [0.4, 0.5) is 0 Å². The summed E-state index contributed by atoms with van der Waals surface area (Å²) in [5.74, 6) is 9.38. The molecular weight excluding hydrogens is 785 g/mol. The van der Waals surface area contributed by atoms with E-state index in [1.807, 2.05) is 36.4 Å². The average molecular weight is 847 g/mol. The van der Waals surface area contributed by atoms with Gasteiger partial charge in [-0.25, -0.2) is 0 Å². The van der Waals surface area contributed by atoms with Crippen LogP contribution in [0.25, 0.3) is 0 Å². The van der Waals surface area contributed by atoms with Crippen molar-refractivity contribution in [1.29, 1.82) is 0 Å². The Bertz CT molecular complexity index is 1950. The Hall–Kier alpha value is -5.70. The number of aryl methyl sites for hydroxylation is 2. The number of nitrogens with one attached hydrogen (secondary N) is 6. The summed E-state index contributed by atoms with van der Waals surface area (Å²) in [7, 11) is 3.30. The number of carbonyl (C=O) groups is 6. The van der Waals surface area contributed by atoms with Crippen molar-refractivity contribution in [2.45, 2.75) is 139 Å². The zero-order valence-electron chi connectivity index (χ0n) is 36.5. The van der Waals surface area contributed by atoms with Gasteiger partial charge in [0.15, 0.2) is 0 Å². The standard InChI is InChI=1S/C48H62N8O6/c1-31(49-3)43(57)53-39(47(61)55-29-15-27-41(55)45(59)51-37-25-13-19-33-17-9-11-21-35(33)37)23-7-5-6-8-24-40(54-44(58)32(2)50-4)48(62)56-30-16-28-42(56)46(60)52-38-26-14-20-34-18-10-12-22-36(34)38/h9-12,17-18,21-22,31-32,37-42,49-50H,13-16,19-20,23-30H2,1-4H3,(H,51,59)(H,52,60)(H,53,57)(H,54,58)/t31-,32-,37+,38+,39-,40-,41-,42-/m0/s1. The summed E-state index contributed by atoms with van der Waals surface area (Å²) in [6, 6.07) is 11.4. The molecule has 0 unspecified atom stereocenters. The summed E-state index contributed by atoms with van der Waals surface area (Å²) in [4.78, 5) is 84.9. The molecule has 4 aliphatic rings. The van der Waals surface area contributed by atoms with E-state index in [0.29, 0.717) is 38.8 Å². The van der Waals surface area contributed by atoms with Crippen molar-refractivity contribution in [3.8, 4) is 23.7 Å². The Balaban J connectivity index is 1.12. The predicted octanol–water partition coefficient (Wildman–Crippen LogP) is 2.33. The minimum absolute atomic E-state index is 0.0641. The first kappa shape index (κ1) is 45.8. The molecule has 6 amide bonds. The highest BCUT2D eigenvalue weighted by atomic mass is 16.2. The molecule has 14 nitrogen and oxygen atoms in total.